The number of hydrogen-bond acceptors (Lipinski definition) is 4. The van der Waals surface area contributed by atoms with E-state index in [2.05, 4.69) is 38.0 Å². The van der Waals surface area contributed by atoms with Crippen molar-refractivity contribution in [3.8, 4) is 5.69 Å². The van der Waals surface area contributed by atoms with E-state index in [9.17, 15) is 4.79 Å². The van der Waals surface area contributed by atoms with Crippen LogP contribution in [0.2, 0.25) is 0 Å². The number of amides is 2. The maximum atomic E-state index is 12.4. The summed E-state index contributed by atoms with van der Waals surface area (Å²) in [5, 5.41) is 14.3. The van der Waals surface area contributed by atoms with Gasteiger partial charge in [0.25, 0.3) is 0 Å². The van der Waals surface area contributed by atoms with Gasteiger partial charge in [0.1, 0.15) is 18.5 Å². The smallest absolute Gasteiger partial charge is 0.320 e. The molecular weight excluding hydrogens is 354 g/mol. The van der Waals surface area contributed by atoms with E-state index in [4.69, 9.17) is 0 Å². The minimum atomic E-state index is -0.265. The van der Waals surface area contributed by atoms with Gasteiger partial charge in [-0.3, -0.25) is 5.32 Å². The van der Waals surface area contributed by atoms with Crippen LogP contribution < -0.4 is 10.6 Å². The molecule has 28 heavy (non-hydrogen) atoms. The highest BCUT2D eigenvalue weighted by molar-refractivity contribution is 5.88. The lowest BCUT2D eigenvalue weighted by molar-refractivity contribution is 0.251. The van der Waals surface area contributed by atoms with Gasteiger partial charge in [0.15, 0.2) is 0 Å². The number of rotatable bonds is 6. The van der Waals surface area contributed by atoms with Crippen LogP contribution in [0, 0.1) is 5.92 Å². The zero-order chi connectivity index (χ0) is 19.2. The van der Waals surface area contributed by atoms with Gasteiger partial charge in [-0.25, -0.2) is 19.1 Å². The molecule has 0 fully saturated rings. The van der Waals surface area contributed by atoms with E-state index >= 15 is 0 Å². The zero-order valence-electron chi connectivity index (χ0n) is 15.5. The first-order valence-electron chi connectivity index (χ1n) is 9.44. The number of urea groups is 1. The molecule has 1 aliphatic rings. The molecule has 0 spiro atoms. The van der Waals surface area contributed by atoms with Crippen LogP contribution in [0.25, 0.3) is 5.69 Å². The van der Waals surface area contributed by atoms with Crippen molar-refractivity contribution in [2.45, 2.75) is 32.4 Å². The Morgan fingerprint density at radius 3 is 2.93 bits per heavy atom. The highest BCUT2D eigenvalue weighted by atomic mass is 16.2. The second kappa shape index (κ2) is 8.51. The Kier molecular flexibility index (Phi) is 5.46. The number of para-hydroxylation sites is 1. The molecular formula is C20H23N7O. The highest BCUT2D eigenvalue weighted by Gasteiger charge is 2.14. The third kappa shape index (κ3) is 4.28. The molecule has 0 aliphatic heterocycles. The van der Waals surface area contributed by atoms with Gasteiger partial charge < -0.3 is 5.32 Å². The second-order valence-electron chi connectivity index (χ2n) is 6.83. The predicted molar refractivity (Wildman–Crippen MR) is 106 cm³/mol. The van der Waals surface area contributed by atoms with Crippen LogP contribution in [-0.2, 0) is 13.1 Å². The first kappa shape index (κ1) is 18.0. The Morgan fingerprint density at radius 2 is 2.11 bits per heavy atom. The third-order valence-electron chi connectivity index (χ3n) is 4.86. The van der Waals surface area contributed by atoms with Gasteiger partial charge in [0.05, 0.1) is 11.9 Å². The lowest BCUT2D eigenvalue weighted by atomic mass is 9.94. The summed E-state index contributed by atoms with van der Waals surface area (Å²) in [6.45, 7) is 1.19. The maximum Gasteiger partial charge on any atom is 0.320 e. The summed E-state index contributed by atoms with van der Waals surface area (Å²) >= 11 is 0. The van der Waals surface area contributed by atoms with E-state index in [1.807, 2.05) is 35.0 Å². The van der Waals surface area contributed by atoms with Crippen molar-refractivity contribution >= 4 is 11.8 Å². The number of anilines is 1. The molecule has 0 radical (unpaired) electrons. The molecule has 0 unspecified atom stereocenters. The molecule has 0 bridgehead atoms. The summed E-state index contributed by atoms with van der Waals surface area (Å²) in [6, 6.07) is 9.32. The Morgan fingerprint density at radius 1 is 1.18 bits per heavy atom. The van der Waals surface area contributed by atoms with Crippen LogP contribution in [0.4, 0.5) is 10.6 Å². The molecule has 2 aromatic heterocycles. The summed E-state index contributed by atoms with van der Waals surface area (Å²) in [4.78, 5) is 16.4. The van der Waals surface area contributed by atoms with Crippen molar-refractivity contribution in [1.82, 2.24) is 29.9 Å². The molecule has 4 rings (SSSR count). The minimum Gasteiger partial charge on any atom is -0.334 e. The Bertz CT molecular complexity index is 945. The second-order valence-corrected chi connectivity index (χ2v) is 6.83. The number of hydrogen-bond donors (Lipinski definition) is 2. The van der Waals surface area contributed by atoms with Gasteiger partial charge in [0.2, 0.25) is 0 Å². The number of carbonyl (C=O) groups excluding carboxylic acids is 1. The van der Waals surface area contributed by atoms with Gasteiger partial charge >= 0.3 is 6.03 Å². The lowest BCUT2D eigenvalue weighted by Crippen LogP contribution is -2.30. The van der Waals surface area contributed by atoms with Gasteiger partial charge in [-0.2, -0.15) is 10.2 Å². The van der Waals surface area contributed by atoms with Crippen LogP contribution in [0.15, 0.2) is 61.3 Å². The molecule has 2 amide bonds. The first-order valence-corrected chi connectivity index (χ1v) is 9.44. The van der Waals surface area contributed by atoms with Crippen molar-refractivity contribution < 1.29 is 4.79 Å². The Labute approximate surface area is 163 Å². The van der Waals surface area contributed by atoms with Crippen LogP contribution in [0.3, 0.4) is 0 Å². The van der Waals surface area contributed by atoms with E-state index in [0.29, 0.717) is 18.3 Å². The fraction of sp³-hybridized carbons (Fsp3) is 0.300. The molecule has 0 saturated carbocycles. The minimum absolute atomic E-state index is 0.265. The van der Waals surface area contributed by atoms with Crippen LogP contribution in [0.5, 0.6) is 0 Å². The fourth-order valence-electron chi connectivity index (χ4n) is 3.40. The SMILES string of the molecule is O=C(NCc1ccccc1-n1cncn1)Nc1ccnn1C[C@@H]1CC=CCC1. The molecule has 2 heterocycles. The van der Waals surface area contributed by atoms with Crippen LogP contribution in [-0.4, -0.2) is 30.6 Å². The molecule has 0 saturated heterocycles. The number of aromatic nitrogens is 5. The van der Waals surface area contributed by atoms with Crippen molar-refractivity contribution in [3.05, 3.63) is 66.9 Å². The summed E-state index contributed by atoms with van der Waals surface area (Å²) < 4.78 is 3.55. The van der Waals surface area contributed by atoms with Crippen molar-refractivity contribution in [1.29, 1.82) is 0 Å². The molecule has 1 atom stereocenters. The maximum absolute atomic E-state index is 12.4. The topological polar surface area (TPSA) is 89.7 Å². The molecule has 8 nitrogen and oxygen atoms in total. The van der Waals surface area contributed by atoms with Crippen molar-refractivity contribution in [2.24, 2.45) is 5.92 Å². The van der Waals surface area contributed by atoms with E-state index in [1.165, 1.54) is 6.33 Å². The molecule has 2 N–H and O–H groups in total. The first-order chi connectivity index (χ1) is 13.8. The fourth-order valence-corrected chi connectivity index (χ4v) is 3.40. The average Bonchev–Trinajstić information content (AvgIpc) is 3.40. The predicted octanol–water partition coefficient (Wildman–Crippen LogP) is 3.14. The molecule has 144 valence electrons. The normalized spacial score (nSPS) is 16.1. The summed E-state index contributed by atoms with van der Waals surface area (Å²) in [6.07, 6.45) is 12.6. The summed E-state index contributed by atoms with van der Waals surface area (Å²) in [5.74, 6) is 1.26. The third-order valence-corrected chi connectivity index (χ3v) is 4.86. The largest absolute Gasteiger partial charge is 0.334 e. The summed E-state index contributed by atoms with van der Waals surface area (Å²) in [7, 11) is 0. The molecule has 1 aromatic carbocycles. The van der Waals surface area contributed by atoms with Gasteiger partial charge in [-0.15, -0.1) is 0 Å². The van der Waals surface area contributed by atoms with Gasteiger partial charge in [0, 0.05) is 19.2 Å². The quantitative estimate of drug-likeness (QED) is 0.646. The van der Waals surface area contributed by atoms with E-state index < -0.39 is 0 Å². The number of benzene rings is 1. The average molecular weight is 377 g/mol. The van der Waals surface area contributed by atoms with Gasteiger partial charge in [-0.1, -0.05) is 30.4 Å². The van der Waals surface area contributed by atoms with Crippen molar-refractivity contribution in [3.63, 3.8) is 0 Å². The monoisotopic (exact) mass is 377 g/mol. The Hall–Kier alpha value is -3.42. The lowest BCUT2D eigenvalue weighted by Gasteiger charge is -2.19. The number of nitrogens with zero attached hydrogens (tertiary/aromatic N) is 5. The van der Waals surface area contributed by atoms with Crippen LogP contribution in [0.1, 0.15) is 24.8 Å². The highest BCUT2D eigenvalue weighted by Crippen LogP contribution is 2.21. The van der Waals surface area contributed by atoms with E-state index in [-0.39, 0.29) is 6.03 Å². The number of nitrogens with one attached hydrogen (secondary N) is 2. The number of carbonyl (C=O) groups is 1. The van der Waals surface area contributed by atoms with Crippen molar-refractivity contribution in [2.75, 3.05) is 5.32 Å². The zero-order valence-corrected chi connectivity index (χ0v) is 15.5. The molecule has 3 aromatic rings. The Balaban J connectivity index is 1.36. The molecule has 1 aliphatic carbocycles. The van der Waals surface area contributed by atoms with Crippen LogP contribution >= 0.6 is 0 Å². The summed E-state index contributed by atoms with van der Waals surface area (Å²) in [5.41, 5.74) is 1.83. The van der Waals surface area contributed by atoms with Gasteiger partial charge in [-0.05, 0) is 36.8 Å². The van der Waals surface area contributed by atoms with E-state index in [0.717, 1.165) is 37.1 Å². The molecule has 8 heteroatoms. The standard InChI is InChI=1S/C20H23N7O/c28-20(22-12-17-8-4-5-9-18(17)27-15-21-14-24-27)25-19-10-11-23-26(19)13-16-6-2-1-3-7-16/h1-2,4-5,8-11,14-16H,3,6-7,12-13H2,(H2,22,25,28)/t16-/m1/s1. The van der Waals surface area contributed by atoms with E-state index in [1.54, 1.807) is 17.2 Å². The number of allylic oxidation sites excluding steroid dienone is 2.